The quantitative estimate of drug-likeness (QED) is 0.169. The second-order valence-electron chi connectivity index (χ2n) is 10.4. The van der Waals surface area contributed by atoms with Gasteiger partial charge in [0.05, 0.1) is 19.1 Å². The lowest BCUT2D eigenvalue weighted by Gasteiger charge is -2.26. The van der Waals surface area contributed by atoms with Gasteiger partial charge in [-0.15, -0.1) is 0 Å². The van der Waals surface area contributed by atoms with Crippen molar-refractivity contribution in [3.8, 4) is 17.6 Å². The molecule has 0 unspecified atom stereocenters. The molecule has 5 aromatic rings. The van der Waals surface area contributed by atoms with Crippen molar-refractivity contribution in [3.05, 3.63) is 120 Å². The second kappa shape index (κ2) is 13.1. The van der Waals surface area contributed by atoms with Crippen molar-refractivity contribution in [1.29, 1.82) is 0 Å². The van der Waals surface area contributed by atoms with Crippen molar-refractivity contribution in [2.45, 2.75) is 30.8 Å². The van der Waals surface area contributed by atoms with E-state index >= 15 is 0 Å². The smallest absolute Gasteiger partial charge is 0.321 e. The first-order valence-corrected chi connectivity index (χ1v) is 15.3. The van der Waals surface area contributed by atoms with E-state index in [-0.39, 0.29) is 40.4 Å². The van der Waals surface area contributed by atoms with Crippen LogP contribution in [0, 0.1) is 0 Å². The molecule has 5 rings (SSSR count). The Hall–Kier alpha value is -5.36. The van der Waals surface area contributed by atoms with Gasteiger partial charge in [0.25, 0.3) is 15.9 Å². The van der Waals surface area contributed by atoms with Crippen LogP contribution >= 0.6 is 0 Å². The van der Waals surface area contributed by atoms with Gasteiger partial charge in [0, 0.05) is 17.2 Å². The molecule has 11 nitrogen and oxygen atoms in total. The Balaban J connectivity index is 1.16. The molecule has 3 aromatic carbocycles. The van der Waals surface area contributed by atoms with E-state index in [4.69, 9.17) is 18.6 Å². The molecule has 0 bridgehead atoms. The van der Waals surface area contributed by atoms with E-state index in [9.17, 15) is 13.2 Å². The summed E-state index contributed by atoms with van der Waals surface area (Å²) in [6.07, 6.45) is 0. The molecule has 232 valence electrons. The summed E-state index contributed by atoms with van der Waals surface area (Å²) in [4.78, 5) is 20.6. The number of aromatic nitrogens is 2. The van der Waals surface area contributed by atoms with Crippen LogP contribution in [-0.4, -0.2) is 38.5 Å². The molecule has 0 aliphatic heterocycles. The summed E-state index contributed by atoms with van der Waals surface area (Å²) in [6.45, 7) is 4.50. The zero-order chi connectivity index (χ0) is 32.0. The van der Waals surface area contributed by atoms with Gasteiger partial charge in [0.2, 0.25) is 5.88 Å². The Morgan fingerprint density at radius 2 is 1.53 bits per heavy atom. The topological polar surface area (TPSA) is 142 Å². The Morgan fingerprint density at radius 1 is 0.844 bits per heavy atom. The number of ether oxygens (including phenoxy) is 3. The van der Waals surface area contributed by atoms with Crippen LogP contribution in [0.3, 0.4) is 0 Å². The van der Waals surface area contributed by atoms with Gasteiger partial charge < -0.3 is 23.9 Å². The summed E-state index contributed by atoms with van der Waals surface area (Å²) in [7, 11) is -1.27. The van der Waals surface area contributed by atoms with Crippen LogP contribution in [0.5, 0.6) is 17.6 Å². The Bertz CT molecular complexity index is 1850. The number of anilines is 2. The van der Waals surface area contributed by atoms with Crippen LogP contribution in [-0.2, 0) is 22.0 Å². The molecule has 0 saturated heterocycles. The molecule has 0 fully saturated rings. The number of rotatable bonds is 12. The van der Waals surface area contributed by atoms with E-state index in [1.54, 1.807) is 12.1 Å². The van der Waals surface area contributed by atoms with Crippen molar-refractivity contribution in [2.24, 2.45) is 0 Å². The lowest BCUT2D eigenvalue weighted by molar-refractivity contribution is 0.0992. The van der Waals surface area contributed by atoms with Crippen molar-refractivity contribution in [2.75, 3.05) is 24.3 Å². The largest absolute Gasteiger partial charge is 0.486 e. The Labute approximate surface area is 261 Å². The molecule has 2 N–H and O–H groups in total. The van der Waals surface area contributed by atoms with Crippen LogP contribution in [0.2, 0.25) is 0 Å². The van der Waals surface area contributed by atoms with Gasteiger partial charge in [-0.25, -0.2) is 8.42 Å². The third-order valence-corrected chi connectivity index (χ3v) is 8.44. The van der Waals surface area contributed by atoms with Crippen LogP contribution in [0.15, 0.2) is 106 Å². The number of amides is 1. The summed E-state index contributed by atoms with van der Waals surface area (Å²) >= 11 is 0. The van der Waals surface area contributed by atoms with Gasteiger partial charge >= 0.3 is 6.01 Å². The second-order valence-corrected chi connectivity index (χ2v) is 12.1. The standard InChI is InChI=1S/C33H32N4O7S/c1-33(2,22-8-6-5-7-9-22)23-10-14-25(15-11-23)43-21-26-16-19-28(44-26)31(38)34-24-12-17-27(18-13-24)45(39,40)37-29-20-30(41-3)36-32(35-29)42-4/h5-20H,21H2,1-4H3,(H,34,38)(H,35,36,37). The lowest BCUT2D eigenvalue weighted by Crippen LogP contribution is -2.18. The molecule has 12 heteroatoms. The lowest BCUT2D eigenvalue weighted by atomic mass is 9.78. The molecule has 0 atom stereocenters. The average Bonchev–Trinajstić information content (AvgIpc) is 3.53. The SMILES string of the molecule is COc1cc(NS(=O)(=O)c2ccc(NC(=O)c3ccc(COc4ccc(C(C)(C)c5ccccc5)cc4)o3)cc2)nc(OC)n1. The highest BCUT2D eigenvalue weighted by molar-refractivity contribution is 7.92. The Morgan fingerprint density at radius 3 is 2.20 bits per heavy atom. The maximum absolute atomic E-state index is 12.9. The van der Waals surface area contributed by atoms with Crippen molar-refractivity contribution in [3.63, 3.8) is 0 Å². The summed E-state index contributed by atoms with van der Waals surface area (Å²) in [5, 5.41) is 2.70. The molecular weight excluding hydrogens is 596 g/mol. The monoisotopic (exact) mass is 628 g/mol. The number of carbonyl (C=O) groups is 1. The van der Waals surface area contributed by atoms with E-state index in [0.717, 1.165) is 5.56 Å². The molecule has 0 radical (unpaired) electrons. The minimum absolute atomic E-state index is 0.0299. The van der Waals surface area contributed by atoms with E-state index in [0.29, 0.717) is 17.2 Å². The number of benzene rings is 3. The van der Waals surface area contributed by atoms with Gasteiger partial charge in [-0.3, -0.25) is 9.52 Å². The summed E-state index contributed by atoms with van der Waals surface area (Å²) in [6, 6.07) is 28.3. The fraction of sp³-hybridized carbons (Fsp3) is 0.182. The maximum Gasteiger partial charge on any atom is 0.321 e. The molecule has 0 aliphatic rings. The van der Waals surface area contributed by atoms with Crippen LogP contribution in [0.25, 0.3) is 0 Å². The number of carbonyl (C=O) groups excluding carboxylic acids is 1. The zero-order valence-corrected chi connectivity index (χ0v) is 25.9. The maximum atomic E-state index is 12.9. The number of hydrogen-bond acceptors (Lipinski definition) is 9. The first kappa shape index (κ1) is 31.1. The van der Waals surface area contributed by atoms with E-state index in [1.807, 2.05) is 42.5 Å². The molecule has 45 heavy (non-hydrogen) atoms. The number of methoxy groups -OCH3 is 2. The highest BCUT2D eigenvalue weighted by atomic mass is 32.2. The van der Waals surface area contributed by atoms with Crippen LogP contribution in [0.1, 0.15) is 41.3 Å². The Kier molecular flexibility index (Phi) is 9.05. The highest BCUT2D eigenvalue weighted by Gasteiger charge is 2.23. The van der Waals surface area contributed by atoms with Crippen molar-refractivity contribution < 1.29 is 31.8 Å². The summed E-state index contributed by atoms with van der Waals surface area (Å²) < 4.78 is 49.7. The molecular formula is C33H32N4O7S. The summed E-state index contributed by atoms with van der Waals surface area (Å²) in [5.74, 6) is 0.827. The number of hydrogen-bond donors (Lipinski definition) is 2. The third kappa shape index (κ3) is 7.42. The first-order valence-electron chi connectivity index (χ1n) is 13.9. The minimum atomic E-state index is -4.01. The minimum Gasteiger partial charge on any atom is -0.486 e. The fourth-order valence-corrected chi connectivity index (χ4v) is 5.47. The normalized spacial score (nSPS) is 11.5. The highest BCUT2D eigenvalue weighted by Crippen LogP contribution is 2.32. The van der Waals surface area contributed by atoms with Crippen LogP contribution < -0.4 is 24.2 Å². The summed E-state index contributed by atoms with van der Waals surface area (Å²) in [5.41, 5.74) is 2.60. The van der Waals surface area contributed by atoms with E-state index in [1.165, 1.54) is 50.1 Å². The number of nitrogens with zero attached hydrogens (tertiary/aromatic N) is 2. The van der Waals surface area contributed by atoms with Gasteiger partial charge in [-0.05, 0) is 59.7 Å². The number of furan rings is 1. The van der Waals surface area contributed by atoms with Crippen molar-refractivity contribution in [1.82, 2.24) is 9.97 Å². The van der Waals surface area contributed by atoms with E-state index in [2.05, 4.69) is 46.0 Å². The van der Waals surface area contributed by atoms with Gasteiger partial charge in [-0.2, -0.15) is 9.97 Å². The first-order chi connectivity index (χ1) is 21.6. The fourth-order valence-electron chi connectivity index (χ4n) is 4.48. The number of nitrogens with one attached hydrogen (secondary N) is 2. The molecule has 0 spiro atoms. The van der Waals surface area contributed by atoms with Gasteiger partial charge in [0.15, 0.2) is 11.6 Å². The molecule has 2 aromatic heterocycles. The molecule has 1 amide bonds. The molecule has 0 aliphatic carbocycles. The predicted molar refractivity (Wildman–Crippen MR) is 168 cm³/mol. The zero-order valence-electron chi connectivity index (χ0n) is 25.1. The molecule has 0 saturated carbocycles. The van der Waals surface area contributed by atoms with Crippen molar-refractivity contribution >= 4 is 27.4 Å². The average molecular weight is 629 g/mol. The van der Waals surface area contributed by atoms with Gasteiger partial charge in [0.1, 0.15) is 18.1 Å². The number of sulfonamides is 1. The van der Waals surface area contributed by atoms with Gasteiger partial charge in [-0.1, -0.05) is 56.3 Å². The van der Waals surface area contributed by atoms with Crippen LogP contribution in [0.4, 0.5) is 11.5 Å². The molecule has 2 heterocycles. The predicted octanol–water partition coefficient (Wildman–Crippen LogP) is 6.04. The third-order valence-electron chi connectivity index (χ3n) is 7.07. The van der Waals surface area contributed by atoms with E-state index < -0.39 is 15.9 Å².